The molecule has 1 aromatic rings. The maximum absolute atomic E-state index is 12.1. The van der Waals surface area contributed by atoms with Crippen molar-refractivity contribution in [2.45, 2.75) is 6.04 Å². The van der Waals surface area contributed by atoms with Gasteiger partial charge in [0, 0.05) is 11.5 Å². The second kappa shape index (κ2) is 4.37. The molecule has 1 aliphatic rings. The first kappa shape index (κ1) is 11.9. The van der Waals surface area contributed by atoms with E-state index >= 15 is 0 Å². The third-order valence-corrected chi connectivity index (χ3v) is 3.13. The smallest absolute Gasteiger partial charge is 0.330 e. The van der Waals surface area contributed by atoms with Gasteiger partial charge in [-0.15, -0.1) is 0 Å². The minimum absolute atomic E-state index is 0.0494. The van der Waals surface area contributed by atoms with E-state index in [1.807, 2.05) is 0 Å². The van der Waals surface area contributed by atoms with Crippen molar-refractivity contribution < 1.29 is 19.4 Å². The van der Waals surface area contributed by atoms with E-state index in [-0.39, 0.29) is 12.5 Å². The van der Waals surface area contributed by atoms with E-state index in [2.05, 4.69) is 15.9 Å². The third kappa shape index (κ3) is 2.12. The molecule has 1 aromatic carbocycles. The number of fused-ring (bicyclic) bond motifs is 1. The Labute approximate surface area is 106 Å². The molecule has 0 radical (unpaired) electrons. The Morgan fingerprint density at radius 1 is 1.59 bits per heavy atom. The average molecular weight is 300 g/mol. The zero-order chi connectivity index (χ0) is 12.6. The number of hydrogen-bond acceptors (Lipinski definition) is 3. The lowest BCUT2D eigenvalue weighted by Crippen LogP contribution is -2.44. The molecule has 0 saturated heterocycles. The van der Waals surface area contributed by atoms with Crippen molar-refractivity contribution in [1.82, 2.24) is 4.90 Å². The topological polar surface area (TPSA) is 66.8 Å². The molecule has 1 atom stereocenters. The number of carbonyl (C=O) groups is 2. The van der Waals surface area contributed by atoms with Gasteiger partial charge in [0.05, 0.1) is 5.56 Å². The lowest BCUT2D eigenvalue weighted by atomic mass is 10.1. The van der Waals surface area contributed by atoms with E-state index in [4.69, 9.17) is 9.84 Å². The number of hydrogen-bond donors (Lipinski definition) is 1. The highest BCUT2D eigenvalue weighted by Gasteiger charge is 2.32. The van der Waals surface area contributed by atoms with Gasteiger partial charge in [0.1, 0.15) is 12.4 Å². The molecule has 0 fully saturated rings. The molecule has 0 bridgehead atoms. The van der Waals surface area contributed by atoms with E-state index < -0.39 is 12.0 Å². The van der Waals surface area contributed by atoms with Crippen molar-refractivity contribution in [1.29, 1.82) is 0 Å². The van der Waals surface area contributed by atoms with Crippen LogP contribution in [0.4, 0.5) is 0 Å². The summed E-state index contributed by atoms with van der Waals surface area (Å²) in [6.07, 6.45) is 0. The Bertz CT molecular complexity index is 488. The van der Waals surface area contributed by atoms with Gasteiger partial charge in [-0.3, -0.25) is 4.79 Å². The Kier molecular flexibility index (Phi) is 3.06. The largest absolute Gasteiger partial charge is 0.490 e. The fraction of sp³-hybridized carbons (Fsp3) is 0.273. The summed E-state index contributed by atoms with van der Waals surface area (Å²) in [5.41, 5.74) is 0.366. The van der Waals surface area contributed by atoms with Gasteiger partial charge in [0.2, 0.25) is 0 Å². The average Bonchev–Trinajstić information content (AvgIpc) is 2.39. The van der Waals surface area contributed by atoms with Gasteiger partial charge in [-0.2, -0.15) is 0 Å². The van der Waals surface area contributed by atoms with Crippen molar-refractivity contribution in [3.05, 3.63) is 28.2 Å². The van der Waals surface area contributed by atoms with Gasteiger partial charge in [-0.05, 0) is 18.2 Å². The van der Waals surface area contributed by atoms with E-state index in [0.29, 0.717) is 11.3 Å². The van der Waals surface area contributed by atoms with Crippen molar-refractivity contribution in [2.24, 2.45) is 0 Å². The number of halogens is 1. The standard InChI is InChI=1S/C11H10BrNO4/c1-13-8(11(15)16)5-17-9-3-2-6(12)4-7(9)10(13)14/h2-4,8H,5H2,1H3,(H,15,16). The van der Waals surface area contributed by atoms with Crippen LogP contribution in [0.1, 0.15) is 10.4 Å². The van der Waals surface area contributed by atoms with Gasteiger partial charge in [0.15, 0.2) is 6.04 Å². The molecular weight excluding hydrogens is 290 g/mol. The number of amides is 1. The van der Waals surface area contributed by atoms with Crippen LogP contribution in [0, 0.1) is 0 Å². The van der Waals surface area contributed by atoms with Crippen LogP contribution in [0.15, 0.2) is 22.7 Å². The number of carboxylic acids is 1. The summed E-state index contributed by atoms with van der Waals surface area (Å²) in [5, 5.41) is 9.00. The second-order valence-electron chi connectivity index (χ2n) is 3.72. The van der Waals surface area contributed by atoms with Crippen molar-refractivity contribution in [2.75, 3.05) is 13.7 Å². The lowest BCUT2D eigenvalue weighted by molar-refractivity contribution is -0.142. The fourth-order valence-electron chi connectivity index (χ4n) is 1.64. The predicted octanol–water partition coefficient (Wildman–Crippen LogP) is 1.37. The van der Waals surface area contributed by atoms with Gasteiger partial charge >= 0.3 is 5.97 Å². The van der Waals surface area contributed by atoms with E-state index in [9.17, 15) is 9.59 Å². The molecule has 6 heteroatoms. The molecule has 90 valence electrons. The van der Waals surface area contributed by atoms with E-state index in [1.165, 1.54) is 11.9 Å². The molecule has 1 aliphatic heterocycles. The molecule has 0 aromatic heterocycles. The maximum atomic E-state index is 12.1. The molecule has 1 N–H and O–H groups in total. The summed E-state index contributed by atoms with van der Waals surface area (Å²) in [6.45, 7) is -0.0494. The van der Waals surface area contributed by atoms with Gasteiger partial charge in [0.25, 0.3) is 5.91 Å². The van der Waals surface area contributed by atoms with E-state index in [0.717, 1.165) is 4.47 Å². The minimum Gasteiger partial charge on any atom is -0.490 e. The van der Waals surface area contributed by atoms with Gasteiger partial charge < -0.3 is 14.7 Å². The summed E-state index contributed by atoms with van der Waals surface area (Å²) in [7, 11) is 1.46. The number of carboxylic acid groups (broad SMARTS) is 1. The number of nitrogens with zero attached hydrogens (tertiary/aromatic N) is 1. The molecule has 5 nitrogen and oxygen atoms in total. The van der Waals surface area contributed by atoms with E-state index in [1.54, 1.807) is 18.2 Å². The van der Waals surface area contributed by atoms with Crippen molar-refractivity contribution in [3.8, 4) is 5.75 Å². The fourth-order valence-corrected chi connectivity index (χ4v) is 2.01. The zero-order valence-corrected chi connectivity index (χ0v) is 10.6. The highest BCUT2D eigenvalue weighted by molar-refractivity contribution is 9.10. The number of benzene rings is 1. The number of rotatable bonds is 1. The monoisotopic (exact) mass is 299 g/mol. The highest BCUT2D eigenvalue weighted by Crippen LogP contribution is 2.27. The van der Waals surface area contributed by atoms with Crippen LogP contribution in [0.25, 0.3) is 0 Å². The number of carbonyl (C=O) groups excluding carboxylic acids is 1. The molecule has 1 unspecified atom stereocenters. The minimum atomic E-state index is -1.08. The zero-order valence-electron chi connectivity index (χ0n) is 9.01. The van der Waals surface area contributed by atoms with Crippen molar-refractivity contribution in [3.63, 3.8) is 0 Å². The molecule has 1 heterocycles. The first-order valence-electron chi connectivity index (χ1n) is 4.93. The SMILES string of the molecule is CN1C(=O)c2cc(Br)ccc2OCC1C(=O)O. The summed E-state index contributed by atoms with van der Waals surface area (Å²) in [4.78, 5) is 24.2. The summed E-state index contributed by atoms with van der Waals surface area (Å²) >= 11 is 3.26. The third-order valence-electron chi connectivity index (χ3n) is 2.64. The quantitative estimate of drug-likeness (QED) is 0.850. The van der Waals surface area contributed by atoms with Crippen LogP contribution in [-0.2, 0) is 4.79 Å². The van der Waals surface area contributed by atoms with Crippen LogP contribution >= 0.6 is 15.9 Å². The summed E-state index contributed by atoms with van der Waals surface area (Å²) in [6, 6.07) is 4.05. The number of ether oxygens (including phenoxy) is 1. The Morgan fingerprint density at radius 2 is 2.29 bits per heavy atom. The Balaban J connectivity index is 2.44. The highest BCUT2D eigenvalue weighted by atomic mass is 79.9. The maximum Gasteiger partial charge on any atom is 0.330 e. The first-order valence-corrected chi connectivity index (χ1v) is 5.72. The molecular formula is C11H10BrNO4. The normalized spacial score (nSPS) is 19.3. The lowest BCUT2D eigenvalue weighted by Gasteiger charge is -2.20. The van der Waals surface area contributed by atoms with Crippen LogP contribution in [0.5, 0.6) is 5.75 Å². The van der Waals surface area contributed by atoms with Crippen LogP contribution in [-0.4, -0.2) is 41.6 Å². The van der Waals surface area contributed by atoms with Crippen LogP contribution in [0.2, 0.25) is 0 Å². The second-order valence-corrected chi connectivity index (χ2v) is 4.64. The van der Waals surface area contributed by atoms with Gasteiger partial charge in [-0.1, -0.05) is 15.9 Å². The van der Waals surface area contributed by atoms with Crippen molar-refractivity contribution >= 4 is 27.8 Å². The van der Waals surface area contributed by atoms with Crippen LogP contribution in [0.3, 0.4) is 0 Å². The predicted molar refractivity (Wildman–Crippen MR) is 63.2 cm³/mol. The number of aliphatic carboxylic acids is 1. The van der Waals surface area contributed by atoms with Crippen LogP contribution < -0.4 is 4.74 Å². The summed E-state index contributed by atoms with van der Waals surface area (Å²) < 4.78 is 6.10. The first-order chi connectivity index (χ1) is 8.00. The molecule has 0 spiro atoms. The molecule has 2 rings (SSSR count). The Hall–Kier alpha value is -1.56. The number of likely N-dealkylation sites (N-methyl/N-ethyl adjacent to an activating group) is 1. The Morgan fingerprint density at radius 3 is 2.94 bits per heavy atom. The van der Waals surface area contributed by atoms with Gasteiger partial charge in [-0.25, -0.2) is 4.79 Å². The molecule has 0 saturated carbocycles. The summed E-state index contributed by atoms with van der Waals surface area (Å²) in [5.74, 6) is -1.02. The molecule has 17 heavy (non-hydrogen) atoms. The molecule has 0 aliphatic carbocycles. The molecule has 1 amide bonds.